The molecule has 0 aromatic heterocycles. The normalized spacial score (nSPS) is 10.2. The van der Waals surface area contributed by atoms with Crippen molar-refractivity contribution in [3.05, 3.63) is 77.8 Å². The molecule has 0 radical (unpaired) electrons. The average molecular weight is 354 g/mol. The number of nitrogens with one attached hydrogen (secondary N) is 1. The van der Waals surface area contributed by atoms with Crippen molar-refractivity contribution in [2.24, 2.45) is 0 Å². The third kappa shape index (κ3) is 4.31. The predicted octanol–water partition coefficient (Wildman–Crippen LogP) is 5.63. The molecule has 3 rings (SSSR count). The van der Waals surface area contributed by atoms with Gasteiger partial charge in [-0.2, -0.15) is 0 Å². The molecular formula is C20H16ClNO3. The van der Waals surface area contributed by atoms with Gasteiger partial charge in [0.25, 0.3) is 0 Å². The second-order valence-corrected chi connectivity index (χ2v) is 5.66. The van der Waals surface area contributed by atoms with Gasteiger partial charge in [-0.05, 0) is 47.5 Å². The van der Waals surface area contributed by atoms with E-state index in [0.717, 1.165) is 11.1 Å². The molecule has 0 unspecified atom stereocenters. The van der Waals surface area contributed by atoms with Crippen LogP contribution in [-0.2, 0) is 0 Å². The van der Waals surface area contributed by atoms with Crippen molar-refractivity contribution in [3.8, 4) is 22.6 Å². The molecule has 0 aliphatic rings. The first-order valence-corrected chi connectivity index (χ1v) is 8.01. The molecule has 0 spiro atoms. The van der Waals surface area contributed by atoms with Gasteiger partial charge in [0.2, 0.25) is 0 Å². The Hall–Kier alpha value is -2.98. The van der Waals surface area contributed by atoms with E-state index in [1.54, 1.807) is 43.5 Å². The summed E-state index contributed by atoms with van der Waals surface area (Å²) in [7, 11) is 1.58. The smallest absolute Gasteiger partial charge is 0.417 e. The van der Waals surface area contributed by atoms with Gasteiger partial charge in [0.15, 0.2) is 5.75 Å². The third-order valence-corrected chi connectivity index (χ3v) is 3.87. The van der Waals surface area contributed by atoms with Crippen LogP contribution in [0, 0.1) is 0 Å². The number of carbonyl (C=O) groups excluding carboxylic acids is 1. The van der Waals surface area contributed by atoms with Gasteiger partial charge in [-0.15, -0.1) is 0 Å². The van der Waals surface area contributed by atoms with Crippen LogP contribution in [0.3, 0.4) is 0 Å². The Kier molecular flexibility index (Phi) is 5.21. The molecule has 25 heavy (non-hydrogen) atoms. The van der Waals surface area contributed by atoms with Gasteiger partial charge in [-0.3, -0.25) is 5.32 Å². The Morgan fingerprint density at radius 1 is 0.920 bits per heavy atom. The van der Waals surface area contributed by atoms with Crippen molar-refractivity contribution < 1.29 is 14.3 Å². The SMILES string of the molecule is COc1ccc(NC(=O)Oc2ccc(-c3ccccc3)cc2Cl)cc1. The first kappa shape index (κ1) is 16.9. The molecule has 0 fully saturated rings. The number of carbonyl (C=O) groups is 1. The van der Waals surface area contributed by atoms with Crippen molar-refractivity contribution in [2.45, 2.75) is 0 Å². The average Bonchev–Trinajstić information content (AvgIpc) is 2.65. The first-order chi connectivity index (χ1) is 12.2. The highest BCUT2D eigenvalue weighted by Gasteiger charge is 2.10. The molecule has 3 aromatic carbocycles. The fraction of sp³-hybridized carbons (Fsp3) is 0.0500. The molecule has 0 aliphatic carbocycles. The van der Waals surface area contributed by atoms with E-state index in [-0.39, 0.29) is 0 Å². The van der Waals surface area contributed by atoms with Gasteiger partial charge in [0.1, 0.15) is 5.75 Å². The lowest BCUT2D eigenvalue weighted by Crippen LogP contribution is -2.16. The maximum atomic E-state index is 12.0. The van der Waals surface area contributed by atoms with Crippen molar-refractivity contribution in [1.29, 1.82) is 0 Å². The van der Waals surface area contributed by atoms with Gasteiger partial charge in [-0.25, -0.2) is 4.79 Å². The molecule has 0 atom stereocenters. The molecule has 0 saturated carbocycles. The highest BCUT2D eigenvalue weighted by atomic mass is 35.5. The van der Waals surface area contributed by atoms with E-state index >= 15 is 0 Å². The van der Waals surface area contributed by atoms with Crippen LogP contribution in [-0.4, -0.2) is 13.2 Å². The summed E-state index contributed by atoms with van der Waals surface area (Å²) in [5.41, 5.74) is 2.59. The summed E-state index contributed by atoms with van der Waals surface area (Å²) in [4.78, 5) is 12.0. The standard InChI is InChI=1S/C20H16ClNO3/c1-24-17-10-8-16(9-11-17)22-20(23)25-19-12-7-15(13-18(19)21)14-5-3-2-4-6-14/h2-13H,1H3,(H,22,23). The van der Waals surface area contributed by atoms with Crippen molar-refractivity contribution in [3.63, 3.8) is 0 Å². The molecule has 0 bridgehead atoms. The number of halogens is 1. The minimum absolute atomic E-state index is 0.298. The van der Waals surface area contributed by atoms with Crippen molar-refractivity contribution >= 4 is 23.4 Å². The number of hydrogen-bond donors (Lipinski definition) is 1. The lowest BCUT2D eigenvalue weighted by Gasteiger charge is -2.10. The summed E-state index contributed by atoms with van der Waals surface area (Å²) in [5.74, 6) is 1.01. The van der Waals surface area contributed by atoms with E-state index in [1.807, 2.05) is 36.4 Å². The zero-order chi connectivity index (χ0) is 17.6. The second kappa shape index (κ2) is 7.73. The number of hydrogen-bond acceptors (Lipinski definition) is 3. The molecule has 126 valence electrons. The van der Waals surface area contributed by atoms with E-state index in [9.17, 15) is 4.79 Å². The number of amides is 1. The molecule has 3 aromatic rings. The summed E-state index contributed by atoms with van der Waals surface area (Å²) < 4.78 is 10.4. The minimum atomic E-state index is -0.612. The van der Waals surface area contributed by atoms with Crippen LogP contribution in [0.25, 0.3) is 11.1 Å². The summed E-state index contributed by atoms with van der Waals surface area (Å²) in [6.07, 6.45) is -0.612. The molecule has 5 heteroatoms. The molecule has 1 amide bonds. The molecule has 0 heterocycles. The van der Waals surface area contributed by atoms with Gasteiger partial charge in [0.05, 0.1) is 12.1 Å². The van der Waals surface area contributed by atoms with E-state index in [2.05, 4.69) is 5.32 Å². The Bertz CT molecular complexity index is 864. The third-order valence-electron chi connectivity index (χ3n) is 3.58. The zero-order valence-corrected chi connectivity index (χ0v) is 14.3. The predicted molar refractivity (Wildman–Crippen MR) is 99.5 cm³/mol. The Morgan fingerprint density at radius 3 is 2.28 bits per heavy atom. The minimum Gasteiger partial charge on any atom is -0.497 e. The maximum Gasteiger partial charge on any atom is 0.417 e. The summed E-state index contributed by atoms with van der Waals surface area (Å²) in [5, 5.41) is 3.01. The maximum absolute atomic E-state index is 12.0. The monoisotopic (exact) mass is 353 g/mol. The second-order valence-electron chi connectivity index (χ2n) is 5.25. The van der Waals surface area contributed by atoms with Crippen LogP contribution >= 0.6 is 11.6 Å². The van der Waals surface area contributed by atoms with Crippen LogP contribution in [0.15, 0.2) is 72.8 Å². The van der Waals surface area contributed by atoms with E-state index < -0.39 is 6.09 Å². The van der Waals surface area contributed by atoms with Crippen LogP contribution in [0.5, 0.6) is 11.5 Å². The van der Waals surface area contributed by atoms with Crippen molar-refractivity contribution in [2.75, 3.05) is 12.4 Å². The molecule has 0 saturated heterocycles. The Morgan fingerprint density at radius 2 is 1.64 bits per heavy atom. The first-order valence-electron chi connectivity index (χ1n) is 7.63. The van der Waals surface area contributed by atoms with E-state index in [4.69, 9.17) is 21.1 Å². The molecular weight excluding hydrogens is 338 g/mol. The molecule has 4 nitrogen and oxygen atoms in total. The van der Waals surface area contributed by atoms with Crippen molar-refractivity contribution in [1.82, 2.24) is 0 Å². The number of benzene rings is 3. The zero-order valence-electron chi connectivity index (χ0n) is 13.5. The fourth-order valence-electron chi connectivity index (χ4n) is 2.31. The van der Waals surface area contributed by atoms with Gasteiger partial charge < -0.3 is 9.47 Å². The molecule has 0 aliphatic heterocycles. The number of anilines is 1. The van der Waals surface area contributed by atoms with Gasteiger partial charge >= 0.3 is 6.09 Å². The van der Waals surface area contributed by atoms with Crippen LogP contribution in [0.2, 0.25) is 5.02 Å². The largest absolute Gasteiger partial charge is 0.497 e. The lowest BCUT2D eigenvalue weighted by molar-refractivity contribution is 0.215. The number of methoxy groups -OCH3 is 1. The Labute approximate surface area is 151 Å². The van der Waals surface area contributed by atoms with E-state index in [0.29, 0.717) is 22.2 Å². The van der Waals surface area contributed by atoms with Gasteiger partial charge in [0, 0.05) is 5.69 Å². The fourth-order valence-corrected chi connectivity index (χ4v) is 2.53. The highest BCUT2D eigenvalue weighted by molar-refractivity contribution is 6.32. The van der Waals surface area contributed by atoms with Gasteiger partial charge in [-0.1, -0.05) is 48.0 Å². The quantitative estimate of drug-likeness (QED) is 0.661. The van der Waals surface area contributed by atoms with Crippen LogP contribution < -0.4 is 14.8 Å². The topological polar surface area (TPSA) is 47.6 Å². The molecule has 1 N–H and O–H groups in total. The Balaban J connectivity index is 1.68. The lowest BCUT2D eigenvalue weighted by atomic mass is 10.1. The highest BCUT2D eigenvalue weighted by Crippen LogP contribution is 2.30. The van der Waals surface area contributed by atoms with Crippen LogP contribution in [0.4, 0.5) is 10.5 Å². The van der Waals surface area contributed by atoms with Crippen LogP contribution in [0.1, 0.15) is 0 Å². The number of ether oxygens (including phenoxy) is 2. The number of rotatable bonds is 4. The summed E-state index contributed by atoms with van der Waals surface area (Å²) in [6, 6.07) is 22.1. The summed E-state index contributed by atoms with van der Waals surface area (Å²) >= 11 is 6.24. The summed E-state index contributed by atoms with van der Waals surface area (Å²) in [6.45, 7) is 0. The van der Waals surface area contributed by atoms with E-state index in [1.165, 1.54) is 0 Å².